The predicted octanol–water partition coefficient (Wildman–Crippen LogP) is 2.70. The fourth-order valence-electron chi connectivity index (χ4n) is 1.85. The molecule has 0 radical (unpaired) electrons. The minimum absolute atomic E-state index is 0.697. The number of nitrogens with zero attached hydrogens (tertiary/aromatic N) is 2. The SMILES string of the molecule is CCCn1cc(C=O)c(Cc2ccccc2)n1. The minimum Gasteiger partial charge on any atom is -0.298 e. The fourth-order valence-corrected chi connectivity index (χ4v) is 1.85. The Kier molecular flexibility index (Phi) is 3.70. The third-order valence-electron chi connectivity index (χ3n) is 2.66. The van der Waals surface area contributed by atoms with E-state index in [2.05, 4.69) is 12.0 Å². The zero-order chi connectivity index (χ0) is 12.1. The molecular formula is C14H16N2O. The Labute approximate surface area is 101 Å². The summed E-state index contributed by atoms with van der Waals surface area (Å²) >= 11 is 0. The molecular weight excluding hydrogens is 212 g/mol. The highest BCUT2D eigenvalue weighted by molar-refractivity contribution is 5.76. The molecule has 3 heteroatoms. The van der Waals surface area contributed by atoms with Gasteiger partial charge in [0.15, 0.2) is 6.29 Å². The molecule has 1 heterocycles. The third kappa shape index (κ3) is 2.81. The number of aldehydes is 1. The summed E-state index contributed by atoms with van der Waals surface area (Å²) in [5, 5.41) is 4.45. The van der Waals surface area contributed by atoms with E-state index in [4.69, 9.17) is 0 Å². The molecule has 0 unspecified atom stereocenters. The zero-order valence-electron chi connectivity index (χ0n) is 9.97. The van der Waals surface area contributed by atoms with Gasteiger partial charge >= 0.3 is 0 Å². The van der Waals surface area contributed by atoms with Crippen molar-refractivity contribution < 1.29 is 4.79 Å². The quantitative estimate of drug-likeness (QED) is 0.737. The maximum absolute atomic E-state index is 11.0. The number of rotatable bonds is 5. The van der Waals surface area contributed by atoms with Crippen LogP contribution < -0.4 is 0 Å². The number of aromatic nitrogens is 2. The number of carbonyl (C=O) groups excluding carboxylic acids is 1. The first-order valence-corrected chi connectivity index (χ1v) is 5.89. The van der Waals surface area contributed by atoms with E-state index in [0.717, 1.165) is 24.9 Å². The second-order valence-electron chi connectivity index (χ2n) is 4.07. The number of carbonyl (C=O) groups is 1. The van der Waals surface area contributed by atoms with Gasteiger partial charge in [0.2, 0.25) is 0 Å². The molecule has 3 nitrogen and oxygen atoms in total. The molecule has 0 N–H and O–H groups in total. The van der Waals surface area contributed by atoms with Crippen LogP contribution in [0.4, 0.5) is 0 Å². The molecule has 0 saturated heterocycles. The van der Waals surface area contributed by atoms with Crippen LogP contribution in [0.2, 0.25) is 0 Å². The van der Waals surface area contributed by atoms with Gasteiger partial charge in [0.1, 0.15) is 0 Å². The molecule has 0 aliphatic carbocycles. The highest BCUT2D eigenvalue weighted by Crippen LogP contribution is 2.11. The maximum Gasteiger partial charge on any atom is 0.153 e. The molecule has 0 atom stereocenters. The Balaban J connectivity index is 2.22. The molecule has 0 spiro atoms. The molecule has 0 aliphatic rings. The van der Waals surface area contributed by atoms with Crippen LogP contribution in [0, 0.1) is 0 Å². The molecule has 1 aromatic carbocycles. The van der Waals surface area contributed by atoms with Crippen LogP contribution in [0.15, 0.2) is 36.5 Å². The van der Waals surface area contributed by atoms with E-state index >= 15 is 0 Å². The minimum atomic E-state index is 0.697. The maximum atomic E-state index is 11.0. The summed E-state index contributed by atoms with van der Waals surface area (Å²) in [6.45, 7) is 2.95. The van der Waals surface area contributed by atoms with Crippen LogP contribution >= 0.6 is 0 Å². The van der Waals surface area contributed by atoms with Crippen molar-refractivity contribution in [1.29, 1.82) is 0 Å². The van der Waals surface area contributed by atoms with Gasteiger partial charge in [-0.2, -0.15) is 5.10 Å². The lowest BCUT2D eigenvalue weighted by Gasteiger charge is -1.99. The van der Waals surface area contributed by atoms with Crippen molar-refractivity contribution in [2.45, 2.75) is 26.3 Å². The molecule has 17 heavy (non-hydrogen) atoms. The van der Waals surface area contributed by atoms with Crippen molar-refractivity contribution in [1.82, 2.24) is 9.78 Å². The van der Waals surface area contributed by atoms with Gasteiger partial charge < -0.3 is 0 Å². The van der Waals surface area contributed by atoms with Gasteiger partial charge in [0, 0.05) is 19.2 Å². The van der Waals surface area contributed by atoms with Gasteiger partial charge in [0.25, 0.3) is 0 Å². The molecule has 0 aliphatic heterocycles. The Morgan fingerprint density at radius 2 is 2.06 bits per heavy atom. The predicted molar refractivity (Wildman–Crippen MR) is 67.2 cm³/mol. The molecule has 0 bridgehead atoms. The first-order chi connectivity index (χ1) is 8.33. The van der Waals surface area contributed by atoms with Crippen LogP contribution in [0.1, 0.15) is 35.0 Å². The molecule has 88 valence electrons. The lowest BCUT2D eigenvalue weighted by Crippen LogP contribution is -1.98. The van der Waals surface area contributed by atoms with Gasteiger partial charge in [-0.1, -0.05) is 37.3 Å². The summed E-state index contributed by atoms with van der Waals surface area (Å²) in [7, 11) is 0. The van der Waals surface area contributed by atoms with E-state index in [9.17, 15) is 4.79 Å². The standard InChI is InChI=1S/C14H16N2O/c1-2-8-16-10-13(11-17)14(15-16)9-12-6-4-3-5-7-12/h3-7,10-11H,2,8-9H2,1H3. The second kappa shape index (κ2) is 5.43. The van der Waals surface area contributed by atoms with Gasteiger partial charge in [-0.25, -0.2) is 0 Å². The average Bonchev–Trinajstić information content (AvgIpc) is 2.73. The number of hydrogen-bond donors (Lipinski definition) is 0. The monoisotopic (exact) mass is 228 g/mol. The van der Waals surface area contributed by atoms with Crippen LogP contribution in [0.25, 0.3) is 0 Å². The first-order valence-electron chi connectivity index (χ1n) is 5.89. The van der Waals surface area contributed by atoms with E-state index in [1.54, 1.807) is 0 Å². The number of hydrogen-bond acceptors (Lipinski definition) is 2. The van der Waals surface area contributed by atoms with Crippen molar-refractivity contribution in [3.8, 4) is 0 Å². The van der Waals surface area contributed by atoms with E-state index in [1.807, 2.05) is 41.2 Å². The first kappa shape index (κ1) is 11.6. The summed E-state index contributed by atoms with van der Waals surface area (Å²) in [5.74, 6) is 0. The van der Waals surface area contributed by atoms with Crippen LogP contribution in [0.5, 0.6) is 0 Å². The van der Waals surface area contributed by atoms with Gasteiger partial charge in [-0.3, -0.25) is 9.48 Å². The Hall–Kier alpha value is -1.90. The fraction of sp³-hybridized carbons (Fsp3) is 0.286. The average molecular weight is 228 g/mol. The van der Waals surface area contributed by atoms with E-state index < -0.39 is 0 Å². The van der Waals surface area contributed by atoms with Gasteiger partial charge in [-0.15, -0.1) is 0 Å². The lowest BCUT2D eigenvalue weighted by molar-refractivity contribution is 0.112. The summed E-state index contributed by atoms with van der Waals surface area (Å²) in [6, 6.07) is 10.1. The molecule has 2 aromatic rings. The van der Waals surface area contributed by atoms with Crippen molar-refractivity contribution in [3.63, 3.8) is 0 Å². The summed E-state index contributed by atoms with van der Waals surface area (Å²) in [6.07, 6.45) is 4.45. The van der Waals surface area contributed by atoms with E-state index in [1.165, 1.54) is 5.56 Å². The topological polar surface area (TPSA) is 34.9 Å². The van der Waals surface area contributed by atoms with Crippen molar-refractivity contribution in [2.75, 3.05) is 0 Å². The van der Waals surface area contributed by atoms with E-state index in [-0.39, 0.29) is 0 Å². The molecule has 2 rings (SSSR count). The Morgan fingerprint density at radius 3 is 2.71 bits per heavy atom. The molecule has 0 amide bonds. The number of benzene rings is 1. The van der Waals surface area contributed by atoms with Crippen molar-refractivity contribution >= 4 is 6.29 Å². The molecule has 0 fully saturated rings. The van der Waals surface area contributed by atoms with Crippen molar-refractivity contribution in [2.24, 2.45) is 0 Å². The molecule has 1 aromatic heterocycles. The zero-order valence-corrected chi connectivity index (χ0v) is 9.97. The molecule has 0 saturated carbocycles. The van der Waals surface area contributed by atoms with Crippen LogP contribution in [0.3, 0.4) is 0 Å². The number of aryl methyl sites for hydroxylation is 1. The van der Waals surface area contributed by atoms with Crippen LogP contribution in [-0.2, 0) is 13.0 Å². The van der Waals surface area contributed by atoms with Crippen LogP contribution in [-0.4, -0.2) is 16.1 Å². The summed E-state index contributed by atoms with van der Waals surface area (Å²) in [5.41, 5.74) is 2.74. The largest absolute Gasteiger partial charge is 0.298 e. The lowest BCUT2D eigenvalue weighted by atomic mass is 10.1. The normalized spacial score (nSPS) is 10.4. The summed E-state index contributed by atoms with van der Waals surface area (Å²) in [4.78, 5) is 11.0. The highest BCUT2D eigenvalue weighted by atomic mass is 16.1. The third-order valence-corrected chi connectivity index (χ3v) is 2.66. The Morgan fingerprint density at radius 1 is 1.29 bits per heavy atom. The highest BCUT2D eigenvalue weighted by Gasteiger charge is 2.08. The Bertz CT molecular complexity index is 488. The van der Waals surface area contributed by atoms with Gasteiger partial charge in [-0.05, 0) is 12.0 Å². The second-order valence-corrected chi connectivity index (χ2v) is 4.07. The smallest absolute Gasteiger partial charge is 0.153 e. The van der Waals surface area contributed by atoms with Crippen molar-refractivity contribution in [3.05, 3.63) is 53.3 Å². The van der Waals surface area contributed by atoms with E-state index in [0.29, 0.717) is 12.0 Å². The van der Waals surface area contributed by atoms with Gasteiger partial charge in [0.05, 0.1) is 11.3 Å². The summed E-state index contributed by atoms with van der Waals surface area (Å²) < 4.78 is 1.85.